The first kappa shape index (κ1) is 20.7. The van der Waals surface area contributed by atoms with Crippen LogP contribution in [0.1, 0.15) is 53.4 Å². The van der Waals surface area contributed by atoms with Gasteiger partial charge < -0.3 is 9.80 Å². The third kappa shape index (κ3) is 4.12. The molecule has 0 atom stereocenters. The zero-order valence-electron chi connectivity index (χ0n) is 18.7. The van der Waals surface area contributed by atoms with Gasteiger partial charge in [-0.15, -0.1) is 0 Å². The van der Waals surface area contributed by atoms with Gasteiger partial charge >= 0.3 is 0 Å². The SMILES string of the molecule is Cc1nc2c(c(N3CCCCC3)n1)CN(C(=O)C(c1ccccc1)c1ccccc1)CC2. The van der Waals surface area contributed by atoms with E-state index in [9.17, 15) is 4.79 Å². The Morgan fingerprint density at radius 1 is 0.844 bits per heavy atom. The molecule has 2 aliphatic heterocycles. The third-order valence-electron chi connectivity index (χ3n) is 6.63. The number of carbonyl (C=O) groups excluding carboxylic acids is 1. The van der Waals surface area contributed by atoms with Gasteiger partial charge in [0.05, 0.1) is 18.2 Å². The summed E-state index contributed by atoms with van der Waals surface area (Å²) < 4.78 is 0. The highest BCUT2D eigenvalue weighted by molar-refractivity contribution is 5.87. The molecule has 5 rings (SSSR count). The van der Waals surface area contributed by atoms with Crippen LogP contribution in [0.4, 0.5) is 5.82 Å². The molecule has 164 valence electrons. The molecule has 5 heteroatoms. The van der Waals surface area contributed by atoms with E-state index in [4.69, 9.17) is 9.97 Å². The van der Waals surface area contributed by atoms with Crippen molar-refractivity contribution in [2.45, 2.75) is 45.1 Å². The Hall–Kier alpha value is -3.21. The largest absolute Gasteiger partial charge is 0.356 e. The molecule has 32 heavy (non-hydrogen) atoms. The van der Waals surface area contributed by atoms with E-state index in [2.05, 4.69) is 29.2 Å². The molecule has 0 bridgehead atoms. The molecule has 3 heterocycles. The molecule has 0 unspecified atom stereocenters. The van der Waals surface area contributed by atoms with Gasteiger partial charge in [0.25, 0.3) is 0 Å². The summed E-state index contributed by atoms with van der Waals surface area (Å²) in [5, 5.41) is 0. The molecule has 5 nitrogen and oxygen atoms in total. The van der Waals surface area contributed by atoms with Crippen LogP contribution in [0.5, 0.6) is 0 Å². The average molecular weight is 427 g/mol. The maximum Gasteiger partial charge on any atom is 0.234 e. The minimum Gasteiger partial charge on any atom is -0.356 e. The van der Waals surface area contributed by atoms with Crippen molar-refractivity contribution >= 4 is 11.7 Å². The quantitative estimate of drug-likeness (QED) is 0.617. The summed E-state index contributed by atoms with van der Waals surface area (Å²) in [7, 11) is 0. The lowest BCUT2D eigenvalue weighted by Gasteiger charge is -2.36. The van der Waals surface area contributed by atoms with Crippen molar-refractivity contribution in [3.63, 3.8) is 0 Å². The second kappa shape index (κ2) is 9.11. The number of nitrogens with zero attached hydrogens (tertiary/aromatic N) is 4. The molecule has 2 aliphatic rings. The van der Waals surface area contributed by atoms with Crippen LogP contribution in [0.25, 0.3) is 0 Å². The van der Waals surface area contributed by atoms with Gasteiger partial charge in [-0.3, -0.25) is 4.79 Å². The predicted octanol–water partition coefficient (Wildman–Crippen LogP) is 4.49. The minimum atomic E-state index is -0.302. The molecule has 0 radical (unpaired) electrons. The average Bonchev–Trinajstić information content (AvgIpc) is 2.85. The lowest BCUT2D eigenvalue weighted by molar-refractivity contribution is -0.132. The van der Waals surface area contributed by atoms with Gasteiger partial charge in [-0.05, 0) is 37.3 Å². The Kier molecular flexibility index (Phi) is 5.89. The van der Waals surface area contributed by atoms with E-state index in [1.54, 1.807) is 0 Å². The maximum absolute atomic E-state index is 13.9. The van der Waals surface area contributed by atoms with Crippen molar-refractivity contribution in [2.75, 3.05) is 24.5 Å². The van der Waals surface area contributed by atoms with E-state index in [1.165, 1.54) is 19.3 Å². The van der Waals surface area contributed by atoms with Crippen LogP contribution in [0.2, 0.25) is 0 Å². The monoisotopic (exact) mass is 426 g/mol. The second-order valence-electron chi connectivity index (χ2n) is 8.83. The highest BCUT2D eigenvalue weighted by Crippen LogP contribution is 2.32. The minimum absolute atomic E-state index is 0.151. The van der Waals surface area contributed by atoms with Gasteiger partial charge in [0.2, 0.25) is 5.91 Å². The fourth-order valence-electron chi connectivity index (χ4n) is 5.02. The Morgan fingerprint density at radius 3 is 2.09 bits per heavy atom. The van der Waals surface area contributed by atoms with Gasteiger partial charge in [-0.2, -0.15) is 0 Å². The molecular weight excluding hydrogens is 396 g/mol. The number of rotatable bonds is 4. The van der Waals surface area contributed by atoms with Crippen LogP contribution in [-0.4, -0.2) is 40.4 Å². The highest BCUT2D eigenvalue weighted by atomic mass is 16.2. The summed E-state index contributed by atoms with van der Waals surface area (Å²) in [6, 6.07) is 20.3. The number of carbonyl (C=O) groups is 1. The highest BCUT2D eigenvalue weighted by Gasteiger charge is 2.32. The normalized spacial score (nSPS) is 16.2. The predicted molar refractivity (Wildman–Crippen MR) is 127 cm³/mol. The maximum atomic E-state index is 13.9. The summed E-state index contributed by atoms with van der Waals surface area (Å²) in [5.74, 6) is 1.72. The molecule has 0 spiro atoms. The standard InChI is InChI=1S/C27H30N4O/c1-20-28-24-15-18-31(19-23(24)26(29-20)30-16-9-4-10-17-30)27(32)25(21-11-5-2-6-12-21)22-13-7-3-8-14-22/h2-3,5-8,11-14,25H,4,9-10,15-19H2,1H3. The van der Waals surface area contributed by atoms with Crippen LogP contribution in [-0.2, 0) is 17.8 Å². The summed E-state index contributed by atoms with van der Waals surface area (Å²) in [4.78, 5) is 27.9. The fraction of sp³-hybridized carbons (Fsp3) is 0.370. The number of hydrogen-bond acceptors (Lipinski definition) is 4. The number of fused-ring (bicyclic) bond motifs is 1. The van der Waals surface area contributed by atoms with Crippen molar-refractivity contribution in [1.82, 2.24) is 14.9 Å². The van der Waals surface area contributed by atoms with Gasteiger partial charge in [0.15, 0.2) is 0 Å². The van der Waals surface area contributed by atoms with Crippen LogP contribution >= 0.6 is 0 Å². The third-order valence-corrected chi connectivity index (χ3v) is 6.63. The molecule has 0 saturated carbocycles. The van der Waals surface area contributed by atoms with E-state index in [0.717, 1.165) is 53.5 Å². The van der Waals surface area contributed by atoms with Crippen molar-refractivity contribution in [3.05, 3.63) is 88.9 Å². The number of piperidine rings is 1. The molecular formula is C27H30N4O. The lowest BCUT2D eigenvalue weighted by atomic mass is 9.89. The molecule has 2 aromatic carbocycles. The van der Waals surface area contributed by atoms with E-state index in [1.807, 2.05) is 48.2 Å². The zero-order valence-corrected chi connectivity index (χ0v) is 18.7. The van der Waals surface area contributed by atoms with Gasteiger partial charge in [0.1, 0.15) is 11.6 Å². The number of aryl methyl sites for hydroxylation is 1. The first-order chi connectivity index (χ1) is 15.7. The smallest absolute Gasteiger partial charge is 0.234 e. The summed E-state index contributed by atoms with van der Waals surface area (Å²) in [6.45, 7) is 5.32. The zero-order chi connectivity index (χ0) is 21.9. The lowest BCUT2D eigenvalue weighted by Crippen LogP contribution is -2.41. The fourth-order valence-corrected chi connectivity index (χ4v) is 5.02. The van der Waals surface area contributed by atoms with E-state index >= 15 is 0 Å². The molecule has 0 N–H and O–H groups in total. The summed E-state index contributed by atoms with van der Waals surface area (Å²) in [6.07, 6.45) is 4.46. The van der Waals surface area contributed by atoms with Gasteiger partial charge in [-0.25, -0.2) is 9.97 Å². The number of amides is 1. The molecule has 1 fully saturated rings. The van der Waals surface area contributed by atoms with E-state index < -0.39 is 0 Å². The van der Waals surface area contributed by atoms with Crippen LogP contribution < -0.4 is 4.90 Å². The van der Waals surface area contributed by atoms with Crippen LogP contribution in [0, 0.1) is 6.92 Å². The Morgan fingerprint density at radius 2 is 1.47 bits per heavy atom. The van der Waals surface area contributed by atoms with E-state index in [-0.39, 0.29) is 11.8 Å². The Balaban J connectivity index is 1.48. The van der Waals surface area contributed by atoms with Crippen molar-refractivity contribution in [2.24, 2.45) is 0 Å². The van der Waals surface area contributed by atoms with Gasteiger partial charge in [-0.1, -0.05) is 60.7 Å². The number of anilines is 1. The van der Waals surface area contributed by atoms with Gasteiger partial charge in [0, 0.05) is 31.6 Å². The number of aromatic nitrogens is 2. The van der Waals surface area contributed by atoms with Crippen LogP contribution in [0.15, 0.2) is 60.7 Å². The van der Waals surface area contributed by atoms with E-state index in [0.29, 0.717) is 13.1 Å². The van der Waals surface area contributed by atoms with Crippen LogP contribution in [0.3, 0.4) is 0 Å². The van der Waals surface area contributed by atoms with Crippen molar-refractivity contribution < 1.29 is 4.79 Å². The van der Waals surface area contributed by atoms with Crippen molar-refractivity contribution in [1.29, 1.82) is 0 Å². The second-order valence-corrected chi connectivity index (χ2v) is 8.83. The van der Waals surface area contributed by atoms with Crippen molar-refractivity contribution in [3.8, 4) is 0 Å². The Bertz CT molecular complexity index is 1040. The number of hydrogen-bond donors (Lipinski definition) is 0. The topological polar surface area (TPSA) is 49.3 Å². The molecule has 1 saturated heterocycles. The number of benzene rings is 2. The molecule has 1 aromatic heterocycles. The molecule has 3 aromatic rings. The summed E-state index contributed by atoms with van der Waals surface area (Å²) >= 11 is 0. The molecule has 1 amide bonds. The molecule has 0 aliphatic carbocycles. The summed E-state index contributed by atoms with van der Waals surface area (Å²) in [5.41, 5.74) is 4.31. The first-order valence-electron chi connectivity index (χ1n) is 11.7. The Labute approximate surface area is 190 Å². The first-order valence-corrected chi connectivity index (χ1v) is 11.7.